The van der Waals surface area contributed by atoms with Crippen LogP contribution in [0.3, 0.4) is 0 Å². The van der Waals surface area contributed by atoms with Crippen molar-refractivity contribution in [3.63, 3.8) is 0 Å². The number of likely N-dealkylation sites (tertiary alicyclic amines) is 1. The molecule has 2 amide bonds. The van der Waals surface area contributed by atoms with Crippen LogP contribution in [0.5, 0.6) is 0 Å². The van der Waals surface area contributed by atoms with Gasteiger partial charge in [-0.05, 0) is 30.9 Å². The zero-order valence-electron chi connectivity index (χ0n) is 18.5. The first kappa shape index (κ1) is 25.0. The Bertz CT molecular complexity index is 1140. The van der Waals surface area contributed by atoms with Crippen LogP contribution in [0.1, 0.15) is 46.8 Å². The van der Waals surface area contributed by atoms with Crippen LogP contribution in [0.4, 0.5) is 26.3 Å². The van der Waals surface area contributed by atoms with Crippen molar-refractivity contribution in [1.82, 2.24) is 19.4 Å². The molecule has 1 fully saturated rings. The van der Waals surface area contributed by atoms with Crippen LogP contribution in [0.15, 0.2) is 12.1 Å². The van der Waals surface area contributed by atoms with E-state index in [0.29, 0.717) is 25.2 Å². The van der Waals surface area contributed by atoms with E-state index in [1.807, 2.05) is 0 Å². The molecular weight excluding hydrogens is 480 g/mol. The number of nitrogens with two attached hydrogens (primary N) is 1. The van der Waals surface area contributed by atoms with E-state index in [1.165, 1.54) is 9.80 Å². The van der Waals surface area contributed by atoms with Crippen molar-refractivity contribution in [2.75, 3.05) is 19.6 Å². The van der Waals surface area contributed by atoms with Crippen molar-refractivity contribution in [1.29, 1.82) is 0 Å². The lowest BCUT2D eigenvalue weighted by Crippen LogP contribution is -2.42. The average molecular weight is 503 g/mol. The molecule has 13 heteroatoms. The first-order chi connectivity index (χ1) is 16.5. The van der Waals surface area contributed by atoms with Crippen LogP contribution in [-0.2, 0) is 30.5 Å². The van der Waals surface area contributed by atoms with Crippen LogP contribution >= 0.6 is 0 Å². The Morgan fingerprint density at radius 1 is 0.971 bits per heavy atom. The molecule has 1 aromatic heterocycles. The van der Waals surface area contributed by atoms with Crippen molar-refractivity contribution in [3.8, 4) is 0 Å². The van der Waals surface area contributed by atoms with Gasteiger partial charge >= 0.3 is 6.18 Å². The topological polar surface area (TPSA) is 84.5 Å². The van der Waals surface area contributed by atoms with E-state index >= 15 is 0 Å². The van der Waals surface area contributed by atoms with Gasteiger partial charge in [0.2, 0.25) is 11.7 Å². The van der Waals surface area contributed by atoms with Gasteiger partial charge in [-0.25, -0.2) is 18.2 Å². The van der Waals surface area contributed by atoms with Gasteiger partial charge in [-0.3, -0.25) is 9.59 Å². The number of alkyl halides is 3. The van der Waals surface area contributed by atoms with E-state index < -0.39 is 47.3 Å². The number of benzene rings is 1. The molecule has 7 nitrogen and oxygen atoms in total. The van der Waals surface area contributed by atoms with Gasteiger partial charge in [0.05, 0.1) is 12.2 Å². The number of carbonyl (C=O) groups is 2. The molecule has 1 aromatic carbocycles. The molecule has 0 unspecified atom stereocenters. The summed E-state index contributed by atoms with van der Waals surface area (Å²) < 4.78 is 82.1. The van der Waals surface area contributed by atoms with Gasteiger partial charge in [0, 0.05) is 44.7 Å². The van der Waals surface area contributed by atoms with Crippen LogP contribution in [-0.4, -0.2) is 56.8 Å². The average Bonchev–Trinajstić information content (AvgIpc) is 3.44. The highest BCUT2D eigenvalue weighted by Crippen LogP contribution is 2.33. The summed E-state index contributed by atoms with van der Waals surface area (Å²) in [5.41, 5.74) is 5.40. The molecule has 2 N–H and O–H groups in total. The molecular formula is C22H23F6N5O2. The number of fused-ring (bicyclic) bond motifs is 1. The summed E-state index contributed by atoms with van der Waals surface area (Å²) in [6, 6.07) is 0.107. The van der Waals surface area contributed by atoms with Gasteiger partial charge in [0.15, 0.2) is 17.3 Å². The maximum absolute atomic E-state index is 13.9. The Balaban J connectivity index is 1.51. The monoisotopic (exact) mass is 503 g/mol. The molecule has 2 aliphatic rings. The third kappa shape index (κ3) is 5.14. The van der Waals surface area contributed by atoms with Crippen molar-refractivity contribution in [2.45, 2.75) is 51.0 Å². The van der Waals surface area contributed by atoms with Gasteiger partial charge in [0.1, 0.15) is 5.82 Å². The van der Waals surface area contributed by atoms with Gasteiger partial charge in [-0.1, -0.05) is 0 Å². The number of rotatable bonds is 5. The van der Waals surface area contributed by atoms with Crippen LogP contribution in [0, 0.1) is 17.5 Å². The number of imidazole rings is 1. The fraction of sp³-hybridized carbons (Fsp3) is 0.500. The maximum atomic E-state index is 13.9. The molecule has 1 atom stereocenters. The van der Waals surface area contributed by atoms with E-state index in [-0.39, 0.29) is 49.4 Å². The molecule has 2 aromatic rings. The number of aromatic nitrogens is 2. The summed E-state index contributed by atoms with van der Waals surface area (Å²) >= 11 is 0. The Hall–Kier alpha value is -3.09. The van der Waals surface area contributed by atoms with Crippen LogP contribution in [0.25, 0.3) is 0 Å². The molecule has 3 heterocycles. The smallest absolute Gasteiger partial charge is 0.337 e. The lowest BCUT2D eigenvalue weighted by molar-refractivity contribution is -0.148. The van der Waals surface area contributed by atoms with Crippen molar-refractivity contribution in [2.24, 2.45) is 5.73 Å². The molecule has 2 aliphatic heterocycles. The minimum atomic E-state index is -4.78. The Morgan fingerprint density at radius 3 is 2.29 bits per heavy atom. The summed E-state index contributed by atoms with van der Waals surface area (Å²) in [6.07, 6.45) is -3.85. The standard InChI is InChI=1S/C22H23F6N5O2/c23-14-10-16(25)15(24)8-12(14)7-13(29)9-18(34)32-5-6-33-17(11-32)19(30-21(33)22(26,27)28)20(35)31-3-1-2-4-31/h8,10,13H,1-7,9,11,29H2/t13-/m1/s1. The van der Waals surface area contributed by atoms with Gasteiger partial charge in [-0.2, -0.15) is 13.2 Å². The SMILES string of the molecule is N[C@@H](CC(=O)N1CCn2c(C(F)(F)F)nc(C(=O)N3CCCC3)c2C1)Cc1cc(F)c(F)cc1F. The molecule has 0 radical (unpaired) electrons. The first-order valence-corrected chi connectivity index (χ1v) is 11.1. The quantitative estimate of drug-likeness (QED) is 0.503. The maximum Gasteiger partial charge on any atom is 0.449 e. The predicted octanol–water partition coefficient (Wildman–Crippen LogP) is 2.86. The number of halogens is 6. The molecule has 190 valence electrons. The summed E-state index contributed by atoms with van der Waals surface area (Å²) in [6.45, 7) is 0.274. The second-order valence-corrected chi connectivity index (χ2v) is 8.72. The summed E-state index contributed by atoms with van der Waals surface area (Å²) in [5, 5.41) is 0. The van der Waals surface area contributed by atoms with Crippen LogP contribution < -0.4 is 5.73 Å². The minimum absolute atomic E-state index is 0.00551. The summed E-state index contributed by atoms with van der Waals surface area (Å²) in [5.74, 6) is -5.92. The third-order valence-electron chi connectivity index (χ3n) is 6.22. The highest BCUT2D eigenvalue weighted by atomic mass is 19.4. The predicted molar refractivity (Wildman–Crippen MR) is 110 cm³/mol. The lowest BCUT2D eigenvalue weighted by atomic mass is 10.0. The Labute approximate surface area is 196 Å². The highest BCUT2D eigenvalue weighted by Gasteiger charge is 2.42. The van der Waals surface area contributed by atoms with Gasteiger partial charge < -0.3 is 20.1 Å². The van der Waals surface area contributed by atoms with Gasteiger partial charge in [-0.15, -0.1) is 0 Å². The molecule has 0 aliphatic carbocycles. The second-order valence-electron chi connectivity index (χ2n) is 8.72. The van der Waals surface area contributed by atoms with E-state index in [2.05, 4.69) is 4.98 Å². The van der Waals surface area contributed by atoms with Gasteiger partial charge in [0.25, 0.3) is 5.91 Å². The molecule has 0 bridgehead atoms. The Morgan fingerprint density at radius 2 is 1.63 bits per heavy atom. The van der Waals surface area contributed by atoms with Crippen molar-refractivity contribution in [3.05, 3.63) is 52.4 Å². The van der Waals surface area contributed by atoms with E-state index in [4.69, 9.17) is 5.73 Å². The largest absolute Gasteiger partial charge is 0.449 e. The van der Waals surface area contributed by atoms with E-state index in [1.54, 1.807) is 0 Å². The normalized spacial score (nSPS) is 17.0. The summed E-state index contributed by atoms with van der Waals surface area (Å²) in [7, 11) is 0. The molecule has 0 saturated carbocycles. The fourth-order valence-corrected chi connectivity index (χ4v) is 4.47. The zero-order chi connectivity index (χ0) is 25.5. The van der Waals surface area contributed by atoms with Crippen molar-refractivity contribution >= 4 is 11.8 Å². The molecule has 35 heavy (non-hydrogen) atoms. The van der Waals surface area contributed by atoms with E-state index in [9.17, 15) is 35.9 Å². The fourth-order valence-electron chi connectivity index (χ4n) is 4.47. The third-order valence-corrected chi connectivity index (χ3v) is 6.22. The lowest BCUT2D eigenvalue weighted by Gasteiger charge is -2.30. The zero-order valence-corrected chi connectivity index (χ0v) is 18.5. The number of carbonyl (C=O) groups excluding carboxylic acids is 2. The molecule has 1 saturated heterocycles. The first-order valence-electron chi connectivity index (χ1n) is 11.1. The second kappa shape index (κ2) is 9.51. The molecule has 0 spiro atoms. The van der Waals surface area contributed by atoms with E-state index in [0.717, 1.165) is 17.4 Å². The van der Waals surface area contributed by atoms with Crippen LogP contribution in [0.2, 0.25) is 0 Å². The number of nitrogens with zero attached hydrogens (tertiary/aromatic N) is 4. The Kier molecular flexibility index (Phi) is 6.80. The summed E-state index contributed by atoms with van der Waals surface area (Å²) in [4.78, 5) is 32.0. The van der Waals surface area contributed by atoms with Crippen molar-refractivity contribution < 1.29 is 35.9 Å². The highest BCUT2D eigenvalue weighted by molar-refractivity contribution is 5.94. The molecule has 4 rings (SSSR count). The number of hydrogen-bond acceptors (Lipinski definition) is 4. The number of hydrogen-bond donors (Lipinski definition) is 1. The number of amides is 2. The minimum Gasteiger partial charge on any atom is -0.337 e.